The molecule has 3 N–H and O–H groups in total. The van der Waals surface area contributed by atoms with E-state index in [1.54, 1.807) is 13.0 Å². The van der Waals surface area contributed by atoms with Gasteiger partial charge in [-0.05, 0) is 43.5 Å². The Bertz CT molecular complexity index is 897. The van der Waals surface area contributed by atoms with Crippen molar-refractivity contribution in [3.63, 3.8) is 0 Å². The molecule has 0 aliphatic rings. The lowest BCUT2D eigenvalue weighted by Gasteiger charge is -2.15. The summed E-state index contributed by atoms with van der Waals surface area (Å²) in [5, 5.41) is 7.61. The van der Waals surface area contributed by atoms with Gasteiger partial charge in [0.25, 0.3) is 11.5 Å². The number of carbonyl (C=O) groups excluding carboxylic acids is 1. The molecule has 148 valence electrons. The van der Waals surface area contributed by atoms with E-state index in [0.29, 0.717) is 24.1 Å². The molecule has 27 heavy (non-hydrogen) atoms. The van der Waals surface area contributed by atoms with Crippen LogP contribution in [0.15, 0.2) is 16.9 Å². The maximum Gasteiger partial charge on any atom is 0.433 e. The summed E-state index contributed by atoms with van der Waals surface area (Å²) in [6, 6.07) is 3.66. The van der Waals surface area contributed by atoms with Crippen LogP contribution < -0.4 is 16.2 Å². The Morgan fingerprint density at radius 1 is 1.26 bits per heavy atom. The van der Waals surface area contributed by atoms with Crippen LogP contribution in [0.5, 0.6) is 0 Å². The molecule has 2 aromatic rings. The Morgan fingerprint density at radius 3 is 2.48 bits per heavy atom. The highest BCUT2D eigenvalue weighted by molar-refractivity contribution is 5.97. The highest BCUT2D eigenvalue weighted by Crippen LogP contribution is 2.29. The standard InChI is InChI=1S/C18H23F3N4O2/c1-5-11-7-12(10(3)14(8-11)22-6-2)16(26)23-9-13-15(18(19,20)21)24-25(4)17(13)27/h7-8,22,24H,5-6,9H2,1-4H3,(H,23,26). The van der Waals surface area contributed by atoms with Gasteiger partial charge in [-0.25, -0.2) is 0 Å². The molecule has 2 rings (SSSR count). The zero-order valence-electron chi connectivity index (χ0n) is 15.7. The molecule has 0 aliphatic carbocycles. The molecule has 1 aromatic carbocycles. The topological polar surface area (TPSA) is 78.9 Å². The number of nitrogens with one attached hydrogen (secondary N) is 3. The minimum Gasteiger partial charge on any atom is -0.385 e. The van der Waals surface area contributed by atoms with Crippen molar-refractivity contribution in [1.29, 1.82) is 0 Å². The molecule has 0 bridgehead atoms. The number of halogens is 3. The van der Waals surface area contributed by atoms with E-state index >= 15 is 0 Å². The van der Waals surface area contributed by atoms with Crippen molar-refractivity contribution in [2.75, 3.05) is 11.9 Å². The van der Waals surface area contributed by atoms with E-state index in [1.165, 1.54) is 7.05 Å². The number of alkyl halides is 3. The van der Waals surface area contributed by atoms with Crippen molar-refractivity contribution < 1.29 is 18.0 Å². The lowest BCUT2D eigenvalue weighted by atomic mass is 10.0. The summed E-state index contributed by atoms with van der Waals surface area (Å²) < 4.78 is 40.0. The van der Waals surface area contributed by atoms with Crippen molar-refractivity contribution in [2.24, 2.45) is 7.05 Å². The molecule has 1 heterocycles. The maximum atomic E-state index is 13.1. The lowest BCUT2D eigenvalue weighted by molar-refractivity contribution is -0.142. The highest BCUT2D eigenvalue weighted by atomic mass is 19.4. The zero-order valence-corrected chi connectivity index (χ0v) is 15.7. The van der Waals surface area contributed by atoms with Crippen LogP contribution >= 0.6 is 0 Å². The summed E-state index contributed by atoms with van der Waals surface area (Å²) in [4.78, 5) is 24.6. The van der Waals surface area contributed by atoms with Gasteiger partial charge in [-0.3, -0.25) is 19.4 Å². The van der Waals surface area contributed by atoms with Crippen LogP contribution in [0.1, 0.15) is 46.6 Å². The Kier molecular flexibility index (Phi) is 6.02. The van der Waals surface area contributed by atoms with Gasteiger partial charge in [-0.15, -0.1) is 0 Å². The molecule has 0 fully saturated rings. The molecule has 0 unspecified atom stereocenters. The number of nitrogens with zero attached hydrogens (tertiary/aromatic N) is 1. The first-order valence-electron chi connectivity index (χ1n) is 8.60. The first-order chi connectivity index (χ1) is 12.6. The van der Waals surface area contributed by atoms with Gasteiger partial charge in [0, 0.05) is 24.8 Å². The van der Waals surface area contributed by atoms with E-state index in [9.17, 15) is 22.8 Å². The van der Waals surface area contributed by atoms with Crippen LogP contribution in [0.3, 0.4) is 0 Å². The van der Waals surface area contributed by atoms with Crippen LogP contribution in [-0.4, -0.2) is 22.2 Å². The monoisotopic (exact) mass is 384 g/mol. The second-order valence-electron chi connectivity index (χ2n) is 6.21. The second kappa shape index (κ2) is 7.89. The number of anilines is 1. The third kappa shape index (κ3) is 4.35. The predicted octanol–water partition coefficient (Wildman–Crippen LogP) is 2.96. The number of aromatic nitrogens is 2. The van der Waals surface area contributed by atoms with Gasteiger partial charge in [0.15, 0.2) is 0 Å². The third-order valence-electron chi connectivity index (χ3n) is 4.34. The molecular weight excluding hydrogens is 361 g/mol. The highest BCUT2D eigenvalue weighted by Gasteiger charge is 2.37. The molecule has 0 saturated heterocycles. The van der Waals surface area contributed by atoms with E-state index in [-0.39, 0.29) is 0 Å². The van der Waals surface area contributed by atoms with Gasteiger partial charge in [-0.1, -0.05) is 6.92 Å². The Morgan fingerprint density at radius 2 is 1.93 bits per heavy atom. The van der Waals surface area contributed by atoms with Crippen molar-refractivity contribution in [3.8, 4) is 0 Å². The van der Waals surface area contributed by atoms with E-state index in [0.717, 1.165) is 15.9 Å². The van der Waals surface area contributed by atoms with E-state index in [2.05, 4.69) is 10.6 Å². The van der Waals surface area contributed by atoms with Crippen LogP contribution in [0, 0.1) is 6.92 Å². The smallest absolute Gasteiger partial charge is 0.385 e. The summed E-state index contributed by atoms with van der Waals surface area (Å²) in [5.41, 5.74) is 0.300. The zero-order chi connectivity index (χ0) is 20.4. The molecule has 0 saturated carbocycles. The molecular formula is C18H23F3N4O2. The minimum atomic E-state index is -4.71. The van der Waals surface area contributed by atoms with Crippen molar-refractivity contribution in [1.82, 2.24) is 15.1 Å². The summed E-state index contributed by atoms with van der Waals surface area (Å²) in [7, 11) is 1.19. The van der Waals surface area contributed by atoms with E-state index in [4.69, 9.17) is 0 Å². The molecule has 0 spiro atoms. The number of H-pyrrole nitrogens is 1. The van der Waals surface area contributed by atoms with E-state index in [1.807, 2.05) is 25.0 Å². The molecule has 0 atom stereocenters. The SMILES string of the molecule is CCNc1cc(CC)cc(C(=O)NCc2c(C(F)(F)F)[nH]n(C)c2=O)c1C. The normalized spacial score (nSPS) is 11.5. The molecule has 1 aromatic heterocycles. The van der Waals surface area contributed by atoms with Gasteiger partial charge in [0.2, 0.25) is 0 Å². The fourth-order valence-corrected chi connectivity index (χ4v) is 2.85. The summed E-state index contributed by atoms with van der Waals surface area (Å²) in [6.07, 6.45) is -4.01. The average Bonchev–Trinajstić information content (AvgIpc) is 2.89. The number of rotatable bonds is 6. The maximum absolute atomic E-state index is 13.1. The van der Waals surface area contributed by atoms with Crippen molar-refractivity contribution in [2.45, 2.75) is 39.9 Å². The second-order valence-corrected chi connectivity index (χ2v) is 6.21. The van der Waals surface area contributed by atoms with E-state index < -0.39 is 35.4 Å². The number of hydrogen-bond donors (Lipinski definition) is 3. The summed E-state index contributed by atoms with van der Waals surface area (Å²) in [5.74, 6) is -0.529. The molecule has 1 amide bonds. The first-order valence-corrected chi connectivity index (χ1v) is 8.60. The van der Waals surface area contributed by atoms with Gasteiger partial charge >= 0.3 is 6.18 Å². The van der Waals surface area contributed by atoms with Gasteiger partial charge in [0.05, 0.1) is 12.1 Å². The fraction of sp³-hybridized carbons (Fsp3) is 0.444. The van der Waals surface area contributed by atoms with Crippen LogP contribution in [-0.2, 0) is 26.2 Å². The summed E-state index contributed by atoms with van der Waals surface area (Å²) in [6.45, 7) is 5.79. The predicted molar refractivity (Wildman–Crippen MR) is 96.9 cm³/mol. The van der Waals surface area contributed by atoms with Crippen LogP contribution in [0.25, 0.3) is 0 Å². The lowest BCUT2D eigenvalue weighted by Crippen LogP contribution is -2.28. The van der Waals surface area contributed by atoms with Gasteiger partial charge in [-0.2, -0.15) is 13.2 Å². The minimum absolute atomic E-state index is 0.367. The number of carbonyl (C=O) groups is 1. The number of benzene rings is 1. The molecule has 0 aliphatic heterocycles. The first kappa shape index (κ1) is 20.6. The fourth-order valence-electron chi connectivity index (χ4n) is 2.85. The molecule has 9 heteroatoms. The number of aryl methyl sites for hydroxylation is 2. The molecule has 0 radical (unpaired) electrons. The Labute approximate surface area is 154 Å². The van der Waals surface area contributed by atoms with Gasteiger partial charge < -0.3 is 10.6 Å². The van der Waals surface area contributed by atoms with Crippen LogP contribution in [0.2, 0.25) is 0 Å². The molecule has 6 nitrogen and oxygen atoms in total. The average molecular weight is 384 g/mol. The van der Waals surface area contributed by atoms with Crippen molar-refractivity contribution in [3.05, 3.63) is 50.4 Å². The largest absolute Gasteiger partial charge is 0.433 e. The Balaban J connectivity index is 2.32. The summed E-state index contributed by atoms with van der Waals surface area (Å²) >= 11 is 0. The quantitative estimate of drug-likeness (QED) is 0.717. The number of aromatic amines is 1. The number of amides is 1. The van der Waals surface area contributed by atoms with Crippen LogP contribution in [0.4, 0.5) is 18.9 Å². The number of hydrogen-bond acceptors (Lipinski definition) is 3. The Hall–Kier alpha value is -2.71. The van der Waals surface area contributed by atoms with Gasteiger partial charge in [0.1, 0.15) is 5.69 Å². The third-order valence-corrected chi connectivity index (χ3v) is 4.34. The van der Waals surface area contributed by atoms with Crippen molar-refractivity contribution >= 4 is 11.6 Å².